The lowest BCUT2D eigenvalue weighted by molar-refractivity contribution is 0.164. The van der Waals surface area contributed by atoms with Crippen LogP contribution in [0.2, 0.25) is 0 Å². The summed E-state index contributed by atoms with van der Waals surface area (Å²) in [7, 11) is 0. The fourth-order valence-corrected chi connectivity index (χ4v) is 2.51. The third kappa shape index (κ3) is 3.07. The van der Waals surface area contributed by atoms with Gasteiger partial charge in [0.25, 0.3) is 0 Å². The van der Waals surface area contributed by atoms with E-state index in [0.717, 1.165) is 12.8 Å². The highest BCUT2D eigenvalue weighted by Gasteiger charge is 2.09. The van der Waals surface area contributed by atoms with Gasteiger partial charge < -0.3 is 5.11 Å². The highest BCUT2D eigenvalue weighted by atomic mass is 16.3. The summed E-state index contributed by atoms with van der Waals surface area (Å²) in [6.07, 6.45) is 1.69. The van der Waals surface area contributed by atoms with Gasteiger partial charge in [-0.3, -0.25) is 0 Å². The van der Waals surface area contributed by atoms with E-state index in [-0.39, 0.29) is 6.10 Å². The molecule has 0 aromatic heterocycles. The highest BCUT2D eigenvalue weighted by molar-refractivity contribution is 5.85. The molecular formula is C16H20O. The molecule has 2 atom stereocenters. The van der Waals surface area contributed by atoms with E-state index >= 15 is 0 Å². The fraction of sp³-hybridized carbons (Fsp3) is 0.375. The highest BCUT2D eigenvalue weighted by Crippen LogP contribution is 2.22. The predicted molar refractivity (Wildman–Crippen MR) is 73.1 cm³/mol. The van der Waals surface area contributed by atoms with E-state index in [4.69, 9.17) is 0 Å². The van der Waals surface area contributed by atoms with Crippen LogP contribution in [0.3, 0.4) is 0 Å². The summed E-state index contributed by atoms with van der Waals surface area (Å²) in [5.74, 6) is 0.515. The van der Waals surface area contributed by atoms with Gasteiger partial charge in [0, 0.05) is 0 Å². The lowest BCUT2D eigenvalue weighted by Gasteiger charge is -2.14. The van der Waals surface area contributed by atoms with Gasteiger partial charge >= 0.3 is 0 Å². The first-order valence-corrected chi connectivity index (χ1v) is 6.31. The van der Waals surface area contributed by atoms with Crippen molar-refractivity contribution in [2.24, 2.45) is 5.92 Å². The van der Waals surface area contributed by atoms with Crippen molar-refractivity contribution in [3.63, 3.8) is 0 Å². The quantitative estimate of drug-likeness (QED) is 0.844. The SMILES string of the molecule is CC(O)CC(C)Cc1cccc2ccccc12. The van der Waals surface area contributed by atoms with Gasteiger partial charge in [-0.2, -0.15) is 0 Å². The monoisotopic (exact) mass is 228 g/mol. The third-order valence-electron chi connectivity index (χ3n) is 3.19. The van der Waals surface area contributed by atoms with Crippen LogP contribution in [-0.2, 0) is 6.42 Å². The summed E-state index contributed by atoms with van der Waals surface area (Å²) >= 11 is 0. The van der Waals surface area contributed by atoms with Gasteiger partial charge in [-0.25, -0.2) is 0 Å². The van der Waals surface area contributed by atoms with E-state index in [1.54, 1.807) is 0 Å². The number of rotatable bonds is 4. The largest absolute Gasteiger partial charge is 0.393 e. The molecule has 0 aliphatic heterocycles. The number of aliphatic hydroxyl groups is 1. The molecule has 0 aliphatic carbocycles. The maximum atomic E-state index is 9.41. The Morgan fingerprint density at radius 1 is 1.00 bits per heavy atom. The summed E-state index contributed by atoms with van der Waals surface area (Å²) in [4.78, 5) is 0. The molecule has 2 rings (SSSR count). The molecule has 0 amide bonds. The molecular weight excluding hydrogens is 208 g/mol. The zero-order valence-electron chi connectivity index (χ0n) is 10.6. The van der Waals surface area contributed by atoms with Crippen LogP contribution in [0.4, 0.5) is 0 Å². The van der Waals surface area contributed by atoms with Crippen LogP contribution < -0.4 is 0 Å². The Hall–Kier alpha value is -1.34. The van der Waals surface area contributed by atoms with Crippen molar-refractivity contribution in [1.29, 1.82) is 0 Å². The molecule has 2 aromatic carbocycles. The van der Waals surface area contributed by atoms with E-state index in [2.05, 4.69) is 49.4 Å². The zero-order chi connectivity index (χ0) is 12.3. The Morgan fingerprint density at radius 2 is 1.71 bits per heavy atom. The van der Waals surface area contributed by atoms with Crippen LogP contribution in [0.1, 0.15) is 25.8 Å². The minimum atomic E-state index is -0.208. The minimum absolute atomic E-state index is 0.208. The Kier molecular flexibility index (Phi) is 3.80. The lowest BCUT2D eigenvalue weighted by atomic mass is 9.93. The molecule has 1 heteroatoms. The van der Waals surface area contributed by atoms with E-state index in [9.17, 15) is 5.11 Å². The molecule has 1 nitrogen and oxygen atoms in total. The lowest BCUT2D eigenvalue weighted by Crippen LogP contribution is -2.09. The molecule has 90 valence electrons. The molecule has 2 aromatic rings. The summed E-state index contributed by atoms with van der Waals surface area (Å²) < 4.78 is 0. The number of fused-ring (bicyclic) bond motifs is 1. The Labute approximate surface area is 103 Å². The second kappa shape index (κ2) is 5.33. The second-order valence-corrected chi connectivity index (χ2v) is 5.03. The molecule has 0 saturated carbocycles. The normalized spacial score (nSPS) is 14.8. The first-order chi connectivity index (χ1) is 8.16. The maximum absolute atomic E-state index is 9.41. The topological polar surface area (TPSA) is 20.2 Å². The summed E-state index contributed by atoms with van der Waals surface area (Å²) in [5, 5.41) is 12.1. The Bertz CT molecular complexity index is 482. The van der Waals surface area contributed by atoms with Crippen molar-refractivity contribution in [3.8, 4) is 0 Å². The van der Waals surface area contributed by atoms with Crippen molar-refractivity contribution in [1.82, 2.24) is 0 Å². The van der Waals surface area contributed by atoms with Crippen LogP contribution in [0.15, 0.2) is 42.5 Å². The van der Waals surface area contributed by atoms with E-state index in [0.29, 0.717) is 5.92 Å². The summed E-state index contributed by atoms with van der Waals surface area (Å²) in [6, 6.07) is 15.0. The fourth-order valence-electron chi connectivity index (χ4n) is 2.51. The van der Waals surface area contributed by atoms with Crippen molar-refractivity contribution >= 4 is 10.8 Å². The van der Waals surface area contributed by atoms with Crippen LogP contribution in [0.25, 0.3) is 10.8 Å². The van der Waals surface area contributed by atoms with Crippen molar-refractivity contribution in [2.45, 2.75) is 32.8 Å². The van der Waals surface area contributed by atoms with Crippen LogP contribution in [-0.4, -0.2) is 11.2 Å². The zero-order valence-corrected chi connectivity index (χ0v) is 10.6. The van der Waals surface area contributed by atoms with Gasteiger partial charge in [0.05, 0.1) is 6.10 Å². The summed E-state index contributed by atoms with van der Waals surface area (Å²) in [6.45, 7) is 4.06. The average molecular weight is 228 g/mol. The van der Waals surface area contributed by atoms with Gasteiger partial charge in [0.1, 0.15) is 0 Å². The van der Waals surface area contributed by atoms with E-state index in [1.807, 2.05) is 6.92 Å². The number of hydrogen-bond donors (Lipinski definition) is 1. The third-order valence-corrected chi connectivity index (χ3v) is 3.19. The number of aliphatic hydroxyl groups excluding tert-OH is 1. The second-order valence-electron chi connectivity index (χ2n) is 5.03. The predicted octanol–water partition coefficient (Wildman–Crippen LogP) is 3.79. The molecule has 0 saturated heterocycles. The molecule has 0 aliphatic rings. The first-order valence-electron chi connectivity index (χ1n) is 6.31. The van der Waals surface area contributed by atoms with Crippen molar-refractivity contribution in [3.05, 3.63) is 48.0 Å². The summed E-state index contributed by atoms with van der Waals surface area (Å²) in [5.41, 5.74) is 1.39. The molecule has 1 N–H and O–H groups in total. The van der Waals surface area contributed by atoms with Gasteiger partial charge in [0.15, 0.2) is 0 Å². The Balaban J connectivity index is 2.24. The Morgan fingerprint density at radius 3 is 2.47 bits per heavy atom. The molecule has 0 radical (unpaired) electrons. The molecule has 0 spiro atoms. The maximum Gasteiger partial charge on any atom is 0.0514 e. The molecule has 0 fully saturated rings. The van der Waals surface area contributed by atoms with Crippen LogP contribution >= 0.6 is 0 Å². The van der Waals surface area contributed by atoms with Gasteiger partial charge in [-0.05, 0) is 42.0 Å². The van der Waals surface area contributed by atoms with E-state index in [1.165, 1.54) is 16.3 Å². The molecule has 0 heterocycles. The van der Waals surface area contributed by atoms with Gasteiger partial charge in [-0.1, -0.05) is 49.4 Å². The van der Waals surface area contributed by atoms with Crippen LogP contribution in [0, 0.1) is 5.92 Å². The average Bonchev–Trinajstić information content (AvgIpc) is 2.28. The van der Waals surface area contributed by atoms with Gasteiger partial charge in [-0.15, -0.1) is 0 Å². The van der Waals surface area contributed by atoms with Gasteiger partial charge in [0.2, 0.25) is 0 Å². The van der Waals surface area contributed by atoms with Crippen molar-refractivity contribution in [2.75, 3.05) is 0 Å². The number of benzene rings is 2. The smallest absolute Gasteiger partial charge is 0.0514 e. The standard InChI is InChI=1S/C16H20O/c1-12(10-13(2)17)11-15-8-5-7-14-6-3-4-9-16(14)15/h3-9,12-13,17H,10-11H2,1-2H3. The van der Waals surface area contributed by atoms with E-state index < -0.39 is 0 Å². The minimum Gasteiger partial charge on any atom is -0.393 e. The molecule has 17 heavy (non-hydrogen) atoms. The van der Waals surface area contributed by atoms with Crippen molar-refractivity contribution < 1.29 is 5.11 Å². The molecule has 0 bridgehead atoms. The van der Waals surface area contributed by atoms with Crippen LogP contribution in [0.5, 0.6) is 0 Å². The first kappa shape index (κ1) is 12.1. The molecule has 2 unspecified atom stereocenters. The number of hydrogen-bond acceptors (Lipinski definition) is 1.